The first kappa shape index (κ1) is 40.5. The Kier molecular flexibility index (Phi) is 11.4. The van der Waals surface area contributed by atoms with Crippen molar-refractivity contribution in [3.05, 3.63) is 225 Å². The quantitative estimate of drug-likeness (QED) is 0.0919. The summed E-state index contributed by atoms with van der Waals surface area (Å²) in [6, 6.07) is 61.1. The van der Waals surface area contributed by atoms with Gasteiger partial charge in [-0.05, 0) is 108 Å². The van der Waals surface area contributed by atoms with Gasteiger partial charge in [-0.25, -0.2) is 14.3 Å². The van der Waals surface area contributed by atoms with E-state index in [2.05, 4.69) is 10.2 Å². The van der Waals surface area contributed by atoms with Crippen LogP contribution >= 0.6 is 23.0 Å². The fourth-order valence-corrected chi connectivity index (χ4v) is 15.5. The van der Waals surface area contributed by atoms with Crippen LogP contribution in [-0.4, -0.2) is 24.5 Å². The topological polar surface area (TPSA) is 141 Å². The molecule has 4 heterocycles. The van der Waals surface area contributed by atoms with Gasteiger partial charge >= 0.3 is 23.0 Å². The summed E-state index contributed by atoms with van der Waals surface area (Å²) >= 11 is 0. The molecule has 0 bridgehead atoms. The van der Waals surface area contributed by atoms with E-state index in [9.17, 15) is 0 Å². The van der Waals surface area contributed by atoms with Crippen molar-refractivity contribution in [3.8, 4) is 57.3 Å². The number of pyridine rings is 1. The highest BCUT2D eigenvalue weighted by Gasteiger charge is 2.49. The summed E-state index contributed by atoms with van der Waals surface area (Å²) < 4.78 is 60.8. The third-order valence-electron chi connectivity index (χ3n) is 9.20. The van der Waals surface area contributed by atoms with Crippen molar-refractivity contribution in [2.24, 2.45) is 13.5 Å². The lowest BCUT2D eigenvalue weighted by Crippen LogP contribution is -2.11. The maximum atomic E-state index is 7.05. The van der Waals surface area contributed by atoms with E-state index in [0.29, 0.717) is 46.1 Å². The Bertz CT molecular complexity index is 2900. The van der Waals surface area contributed by atoms with Gasteiger partial charge in [0, 0.05) is 24.8 Å². The standard InChI is InChI=1S/C47H37N8O6P3/c1-6-18-40(19-7-1)56-62(57-41-20-8-2-9-21-41)51-63(58-42-22-10-3-11-23-42,59-43-24-12-4-13-25-43)53-64(52-62,60-44-26-14-5-15-27-44)61-45-30-28-38(29-31-45)39-36-46(54-34-16-32-48-54)50-47(37-39)55-35-17-33-49-55/h1-37H. The average molecular weight is 903 g/mol. The van der Waals surface area contributed by atoms with E-state index in [1.165, 1.54) is 0 Å². The van der Waals surface area contributed by atoms with Gasteiger partial charge in [0.1, 0.15) is 34.5 Å². The third kappa shape index (κ3) is 9.40. The monoisotopic (exact) mass is 902 g/mol. The zero-order valence-electron chi connectivity index (χ0n) is 33.7. The maximum Gasteiger partial charge on any atom is 0.460 e. The van der Waals surface area contributed by atoms with E-state index in [1.807, 2.05) is 152 Å². The van der Waals surface area contributed by atoms with Crippen LogP contribution in [0.4, 0.5) is 0 Å². The molecule has 0 saturated heterocycles. The molecule has 0 amide bonds. The van der Waals surface area contributed by atoms with Gasteiger partial charge in [0.15, 0.2) is 11.6 Å². The second kappa shape index (κ2) is 18.0. The Morgan fingerprint density at radius 3 is 0.891 bits per heavy atom. The van der Waals surface area contributed by atoms with Gasteiger partial charge in [0.05, 0.1) is 0 Å². The van der Waals surface area contributed by atoms with Crippen molar-refractivity contribution in [1.29, 1.82) is 0 Å². The Morgan fingerprint density at radius 1 is 0.312 bits per heavy atom. The minimum atomic E-state index is -4.07. The number of rotatable bonds is 15. The van der Waals surface area contributed by atoms with Gasteiger partial charge in [-0.1, -0.05) is 117 Å². The van der Waals surface area contributed by atoms with Crippen LogP contribution < -0.4 is 27.1 Å². The molecular formula is C47H37N8O6P3. The van der Waals surface area contributed by atoms with Crippen LogP contribution in [0.1, 0.15) is 0 Å². The molecule has 0 radical (unpaired) electrons. The van der Waals surface area contributed by atoms with Crippen LogP contribution in [0.15, 0.2) is 239 Å². The normalized spacial score (nSPS) is 15.9. The molecule has 3 aromatic heterocycles. The Hall–Kier alpha value is -7.62. The molecule has 1 aliphatic heterocycles. The van der Waals surface area contributed by atoms with Crippen LogP contribution in [0.5, 0.6) is 34.5 Å². The van der Waals surface area contributed by atoms with Gasteiger partial charge in [-0.3, -0.25) is 0 Å². The highest BCUT2D eigenvalue weighted by atomic mass is 31.3. The molecule has 17 heteroatoms. The average Bonchev–Trinajstić information content (AvgIpc) is 4.07. The lowest BCUT2D eigenvalue weighted by Gasteiger charge is -2.33. The zero-order chi connectivity index (χ0) is 43.1. The van der Waals surface area contributed by atoms with Crippen molar-refractivity contribution in [2.45, 2.75) is 0 Å². The third-order valence-corrected chi connectivity index (χ3v) is 17.3. The van der Waals surface area contributed by atoms with Crippen LogP contribution in [0.2, 0.25) is 0 Å². The first-order chi connectivity index (χ1) is 31.5. The Labute approximate surface area is 369 Å². The van der Waals surface area contributed by atoms with Crippen LogP contribution in [0, 0.1) is 0 Å². The molecule has 316 valence electrons. The molecule has 9 aromatic rings. The van der Waals surface area contributed by atoms with Crippen molar-refractivity contribution < 1.29 is 27.1 Å². The summed E-state index contributed by atoms with van der Waals surface area (Å²) in [6.07, 6.45) is 7.09. The lowest BCUT2D eigenvalue weighted by atomic mass is 10.1. The predicted molar refractivity (Wildman–Crippen MR) is 248 cm³/mol. The summed E-state index contributed by atoms with van der Waals surface area (Å²) in [7, 11) is -12.1. The summed E-state index contributed by atoms with van der Waals surface area (Å²) in [5.74, 6) is 3.77. The fourth-order valence-electron chi connectivity index (χ4n) is 6.41. The Morgan fingerprint density at radius 2 is 0.609 bits per heavy atom. The van der Waals surface area contributed by atoms with Crippen LogP contribution in [0.25, 0.3) is 22.8 Å². The largest absolute Gasteiger partial charge is 0.460 e. The summed E-state index contributed by atoms with van der Waals surface area (Å²) in [4.78, 5) is 4.82. The minimum absolute atomic E-state index is 0.381. The molecule has 10 rings (SSSR count). The van der Waals surface area contributed by atoms with E-state index in [4.69, 9.17) is 45.7 Å². The molecule has 1 aliphatic rings. The number of hydrogen-bond acceptors (Lipinski definition) is 12. The van der Waals surface area contributed by atoms with Crippen LogP contribution in [-0.2, 0) is 0 Å². The van der Waals surface area contributed by atoms with Gasteiger partial charge in [0.25, 0.3) is 0 Å². The van der Waals surface area contributed by atoms with E-state index < -0.39 is 23.0 Å². The first-order valence-corrected chi connectivity index (χ1v) is 24.6. The van der Waals surface area contributed by atoms with Gasteiger partial charge < -0.3 is 27.1 Å². The number of benzene rings is 6. The number of hydrogen-bond donors (Lipinski definition) is 0. The van der Waals surface area contributed by atoms with Gasteiger partial charge in [0.2, 0.25) is 0 Å². The first-order valence-electron chi connectivity index (χ1n) is 20.0. The predicted octanol–water partition coefficient (Wildman–Crippen LogP) is 13.7. The molecule has 1 atom stereocenters. The van der Waals surface area contributed by atoms with E-state index in [-0.39, 0.29) is 0 Å². The maximum absolute atomic E-state index is 7.05. The van der Waals surface area contributed by atoms with Crippen molar-refractivity contribution in [1.82, 2.24) is 24.5 Å². The molecular weight excluding hydrogens is 865 g/mol. The molecule has 0 saturated carbocycles. The zero-order valence-corrected chi connectivity index (χ0v) is 36.4. The van der Waals surface area contributed by atoms with Crippen molar-refractivity contribution in [2.75, 3.05) is 0 Å². The highest BCUT2D eigenvalue weighted by molar-refractivity contribution is 7.79. The van der Waals surface area contributed by atoms with Crippen LogP contribution in [0.3, 0.4) is 0 Å². The minimum Gasteiger partial charge on any atom is -0.413 e. The second-order valence-electron chi connectivity index (χ2n) is 13.9. The molecule has 0 N–H and O–H groups in total. The summed E-state index contributed by atoms with van der Waals surface area (Å²) in [5.41, 5.74) is 1.73. The van der Waals surface area contributed by atoms with E-state index >= 15 is 0 Å². The molecule has 0 spiro atoms. The smallest absolute Gasteiger partial charge is 0.413 e. The van der Waals surface area contributed by atoms with E-state index in [0.717, 1.165) is 11.1 Å². The molecule has 64 heavy (non-hydrogen) atoms. The second-order valence-corrected chi connectivity index (χ2v) is 20.0. The molecule has 0 aliphatic carbocycles. The van der Waals surface area contributed by atoms with Gasteiger partial charge in [-0.2, -0.15) is 10.2 Å². The summed E-state index contributed by atoms with van der Waals surface area (Å²) in [5, 5.41) is 8.85. The van der Waals surface area contributed by atoms with Crippen molar-refractivity contribution in [3.63, 3.8) is 0 Å². The highest BCUT2D eigenvalue weighted by Crippen LogP contribution is 2.78. The Balaban J connectivity index is 1.17. The number of para-hydroxylation sites is 5. The molecule has 14 nitrogen and oxygen atoms in total. The van der Waals surface area contributed by atoms with E-state index in [1.54, 1.807) is 82.4 Å². The molecule has 0 fully saturated rings. The van der Waals surface area contributed by atoms with Crippen molar-refractivity contribution >= 4 is 23.0 Å². The summed E-state index contributed by atoms with van der Waals surface area (Å²) in [6.45, 7) is 0. The van der Waals surface area contributed by atoms with Gasteiger partial charge in [-0.15, -0.1) is 0 Å². The SMILES string of the molecule is c1ccc(OP2(Oc3ccccc3)=NP(Oc3ccccc3)(Oc3ccccc3)=NP(Oc3ccccc3)(Oc3ccc(-c4cc(-n5cccn5)nc(-n5cccn5)c4)cc3)=N2)cc1. The molecule has 1 unspecified atom stereocenters. The number of aromatic nitrogens is 5. The fraction of sp³-hybridized carbons (Fsp3) is 0. The molecule has 6 aromatic carbocycles. The lowest BCUT2D eigenvalue weighted by molar-refractivity contribution is 0.443. The number of nitrogens with zero attached hydrogens (tertiary/aromatic N) is 8.